The van der Waals surface area contributed by atoms with Crippen LogP contribution in [-0.4, -0.2) is 36.1 Å². The SMILES string of the molecule is CC1CCCN1CC1=C(c2ccc(OC(F)F)c(C(F)(F)F)c2)NC(N)S1. The molecule has 0 aromatic heterocycles. The van der Waals surface area contributed by atoms with Crippen LogP contribution in [0.3, 0.4) is 0 Å². The van der Waals surface area contributed by atoms with Crippen molar-refractivity contribution in [2.45, 2.75) is 44.1 Å². The first-order valence-corrected chi connectivity index (χ1v) is 9.35. The number of hydrogen-bond acceptors (Lipinski definition) is 5. The van der Waals surface area contributed by atoms with Gasteiger partial charge in [-0.05, 0) is 50.1 Å². The van der Waals surface area contributed by atoms with Crippen molar-refractivity contribution in [1.29, 1.82) is 0 Å². The molecule has 2 heterocycles. The molecule has 1 aromatic carbocycles. The Morgan fingerprint density at radius 1 is 1.37 bits per heavy atom. The van der Waals surface area contributed by atoms with Crippen LogP contribution in [0.15, 0.2) is 23.1 Å². The maximum Gasteiger partial charge on any atom is 0.419 e. The number of thioether (sulfide) groups is 1. The van der Waals surface area contributed by atoms with Crippen LogP contribution < -0.4 is 15.8 Å². The molecule has 0 saturated carbocycles. The summed E-state index contributed by atoms with van der Waals surface area (Å²) in [5.41, 5.74) is 4.95. The van der Waals surface area contributed by atoms with E-state index in [1.54, 1.807) is 0 Å². The molecule has 1 fully saturated rings. The van der Waals surface area contributed by atoms with Gasteiger partial charge >= 0.3 is 12.8 Å². The van der Waals surface area contributed by atoms with Crippen LogP contribution in [0.4, 0.5) is 22.0 Å². The highest BCUT2D eigenvalue weighted by atomic mass is 32.2. The molecule has 3 rings (SSSR count). The fraction of sp³-hybridized carbons (Fsp3) is 0.529. The van der Waals surface area contributed by atoms with E-state index < -0.39 is 29.6 Å². The minimum absolute atomic E-state index is 0.242. The van der Waals surface area contributed by atoms with Crippen molar-refractivity contribution in [3.8, 4) is 5.75 Å². The lowest BCUT2D eigenvalue weighted by molar-refractivity contribution is -0.141. The van der Waals surface area contributed by atoms with Gasteiger partial charge in [-0.2, -0.15) is 22.0 Å². The van der Waals surface area contributed by atoms with Crippen molar-refractivity contribution in [3.05, 3.63) is 34.2 Å². The monoisotopic (exact) mass is 409 g/mol. The molecule has 2 unspecified atom stereocenters. The molecule has 0 aliphatic carbocycles. The third kappa shape index (κ3) is 4.67. The molecular weight excluding hydrogens is 389 g/mol. The first-order chi connectivity index (χ1) is 12.6. The van der Waals surface area contributed by atoms with Gasteiger partial charge in [0.25, 0.3) is 0 Å². The predicted molar refractivity (Wildman–Crippen MR) is 94.0 cm³/mol. The molecule has 27 heavy (non-hydrogen) atoms. The Balaban J connectivity index is 1.96. The van der Waals surface area contributed by atoms with Gasteiger partial charge in [-0.3, -0.25) is 4.90 Å². The Bertz CT molecular complexity index is 725. The number of hydrogen-bond donors (Lipinski definition) is 2. The number of ether oxygens (including phenoxy) is 1. The third-order valence-corrected chi connectivity index (χ3v) is 5.65. The standard InChI is InChI=1S/C17H20F5N3OS/c1-9-3-2-6-25(9)8-13-14(24-16(23)27-13)10-4-5-12(26-15(18)19)11(7-10)17(20,21)22/h4-5,7,9,15-16,24H,2-3,6,8,23H2,1H3. The number of nitrogens with two attached hydrogens (primary N) is 1. The summed E-state index contributed by atoms with van der Waals surface area (Å²) in [5.74, 6) is -0.897. The second-order valence-electron chi connectivity index (χ2n) is 6.53. The number of halogens is 5. The fourth-order valence-electron chi connectivity index (χ4n) is 3.34. The molecular formula is C17H20F5N3OS. The summed E-state index contributed by atoms with van der Waals surface area (Å²) in [4.78, 5) is 3.09. The molecule has 0 bridgehead atoms. The molecule has 0 spiro atoms. The second kappa shape index (κ2) is 7.84. The van der Waals surface area contributed by atoms with Crippen molar-refractivity contribution < 1.29 is 26.7 Å². The Morgan fingerprint density at radius 3 is 2.70 bits per heavy atom. The number of alkyl halides is 5. The fourth-order valence-corrected chi connectivity index (χ4v) is 4.36. The lowest BCUT2D eigenvalue weighted by Gasteiger charge is -2.22. The Morgan fingerprint density at radius 2 is 2.11 bits per heavy atom. The van der Waals surface area contributed by atoms with E-state index in [1.807, 2.05) is 0 Å². The summed E-state index contributed by atoms with van der Waals surface area (Å²) in [6, 6.07) is 3.47. The zero-order valence-corrected chi connectivity index (χ0v) is 15.3. The Kier molecular flexibility index (Phi) is 5.87. The highest BCUT2D eigenvalue weighted by Crippen LogP contribution is 2.41. The van der Waals surface area contributed by atoms with E-state index in [-0.39, 0.29) is 5.56 Å². The van der Waals surface area contributed by atoms with Gasteiger partial charge in [-0.1, -0.05) is 11.8 Å². The third-order valence-electron chi connectivity index (χ3n) is 4.66. The first kappa shape index (κ1) is 20.2. The molecule has 0 radical (unpaired) electrons. The van der Waals surface area contributed by atoms with E-state index in [0.717, 1.165) is 36.4 Å². The van der Waals surface area contributed by atoms with E-state index in [2.05, 4.69) is 21.9 Å². The zero-order chi connectivity index (χ0) is 19.8. The number of benzene rings is 1. The number of likely N-dealkylation sites (tertiary alicyclic amines) is 1. The lowest BCUT2D eigenvalue weighted by atomic mass is 10.1. The van der Waals surface area contributed by atoms with E-state index in [1.165, 1.54) is 17.8 Å². The molecule has 0 amide bonds. The predicted octanol–water partition coefficient (Wildman–Crippen LogP) is 4.04. The Labute approximate surface area is 157 Å². The summed E-state index contributed by atoms with van der Waals surface area (Å²) >= 11 is 1.36. The molecule has 1 saturated heterocycles. The minimum atomic E-state index is -4.82. The van der Waals surface area contributed by atoms with Crippen molar-refractivity contribution in [2.24, 2.45) is 5.73 Å². The molecule has 2 aliphatic rings. The molecule has 4 nitrogen and oxygen atoms in total. The van der Waals surface area contributed by atoms with Gasteiger partial charge in [0.05, 0.1) is 11.3 Å². The summed E-state index contributed by atoms with van der Waals surface area (Å²) in [6.45, 7) is 0.275. The normalized spacial score (nSPS) is 24.0. The van der Waals surface area contributed by atoms with Crippen LogP contribution in [0.5, 0.6) is 5.75 Å². The topological polar surface area (TPSA) is 50.5 Å². The molecule has 10 heteroatoms. The highest BCUT2D eigenvalue weighted by Gasteiger charge is 2.36. The van der Waals surface area contributed by atoms with Crippen LogP contribution >= 0.6 is 11.8 Å². The van der Waals surface area contributed by atoms with E-state index in [0.29, 0.717) is 18.3 Å². The van der Waals surface area contributed by atoms with Gasteiger partial charge in [-0.15, -0.1) is 0 Å². The molecule has 3 N–H and O–H groups in total. The van der Waals surface area contributed by atoms with Crippen LogP contribution in [0.1, 0.15) is 30.9 Å². The van der Waals surface area contributed by atoms with E-state index in [4.69, 9.17) is 5.73 Å². The van der Waals surface area contributed by atoms with Crippen molar-refractivity contribution in [3.63, 3.8) is 0 Å². The van der Waals surface area contributed by atoms with Crippen molar-refractivity contribution in [2.75, 3.05) is 13.1 Å². The average Bonchev–Trinajstić information content (AvgIpc) is 3.12. The van der Waals surface area contributed by atoms with Gasteiger partial charge in [-0.25, -0.2) is 0 Å². The largest absolute Gasteiger partial charge is 0.434 e. The number of nitrogens with one attached hydrogen (secondary N) is 1. The van der Waals surface area contributed by atoms with Crippen LogP contribution in [-0.2, 0) is 6.18 Å². The zero-order valence-electron chi connectivity index (χ0n) is 14.5. The van der Waals surface area contributed by atoms with Gasteiger partial charge in [0.15, 0.2) is 0 Å². The van der Waals surface area contributed by atoms with Gasteiger partial charge < -0.3 is 15.8 Å². The first-order valence-electron chi connectivity index (χ1n) is 8.47. The quantitative estimate of drug-likeness (QED) is 0.719. The molecule has 1 aromatic rings. The maximum absolute atomic E-state index is 13.3. The van der Waals surface area contributed by atoms with Gasteiger partial charge in [0, 0.05) is 17.5 Å². The number of nitrogens with zero attached hydrogens (tertiary/aromatic N) is 1. The molecule has 2 aliphatic heterocycles. The second-order valence-corrected chi connectivity index (χ2v) is 7.77. The molecule has 150 valence electrons. The smallest absolute Gasteiger partial charge is 0.419 e. The average molecular weight is 409 g/mol. The van der Waals surface area contributed by atoms with E-state index in [9.17, 15) is 22.0 Å². The maximum atomic E-state index is 13.3. The van der Waals surface area contributed by atoms with Crippen LogP contribution in [0, 0.1) is 0 Å². The van der Waals surface area contributed by atoms with Crippen LogP contribution in [0.25, 0.3) is 5.70 Å². The summed E-state index contributed by atoms with van der Waals surface area (Å²) in [7, 11) is 0. The van der Waals surface area contributed by atoms with E-state index >= 15 is 0 Å². The van der Waals surface area contributed by atoms with Crippen molar-refractivity contribution in [1.82, 2.24) is 10.2 Å². The number of rotatable bonds is 5. The lowest BCUT2D eigenvalue weighted by Crippen LogP contribution is -2.28. The Hall–Kier alpha value is -1.52. The minimum Gasteiger partial charge on any atom is -0.434 e. The molecule has 2 atom stereocenters. The summed E-state index contributed by atoms with van der Waals surface area (Å²) < 4.78 is 68.8. The van der Waals surface area contributed by atoms with Crippen molar-refractivity contribution >= 4 is 17.5 Å². The van der Waals surface area contributed by atoms with Gasteiger partial charge in [0.2, 0.25) is 0 Å². The van der Waals surface area contributed by atoms with Gasteiger partial charge in [0.1, 0.15) is 11.2 Å². The highest BCUT2D eigenvalue weighted by molar-refractivity contribution is 8.04. The summed E-state index contributed by atoms with van der Waals surface area (Å²) in [6.07, 6.45) is -2.67. The van der Waals surface area contributed by atoms with Crippen LogP contribution in [0.2, 0.25) is 0 Å². The summed E-state index contributed by atoms with van der Waals surface area (Å²) in [5, 5.41) is 2.99.